The summed E-state index contributed by atoms with van der Waals surface area (Å²) in [6.45, 7) is 6.64. The number of esters is 1. The molecule has 1 atom stereocenters. The minimum atomic E-state index is -0.787. The summed E-state index contributed by atoms with van der Waals surface area (Å²) in [5, 5.41) is 18.8. The Morgan fingerprint density at radius 3 is 1.85 bits per heavy atom. The molecule has 27 heavy (non-hydrogen) atoms. The number of carbonyl (C=O) groups excluding carboxylic acids is 1. The number of rotatable bonds is 20. The van der Waals surface area contributed by atoms with Crippen LogP contribution in [0.15, 0.2) is 12.2 Å². The van der Waals surface area contributed by atoms with Crippen LogP contribution in [-0.4, -0.2) is 35.5 Å². The molecule has 160 valence electrons. The van der Waals surface area contributed by atoms with Crippen molar-refractivity contribution < 1.29 is 19.7 Å². The average molecular weight is 385 g/mol. The molecule has 0 aliphatic rings. The number of hydrogen-bond acceptors (Lipinski definition) is 4. The van der Waals surface area contributed by atoms with Crippen molar-refractivity contribution in [1.29, 1.82) is 0 Å². The fourth-order valence-corrected chi connectivity index (χ4v) is 3.14. The predicted octanol–water partition coefficient (Wildman–Crippen LogP) is 5.70. The van der Waals surface area contributed by atoms with E-state index >= 15 is 0 Å². The van der Waals surface area contributed by atoms with Crippen LogP contribution in [0, 0.1) is 0 Å². The third-order valence-electron chi connectivity index (χ3n) is 5.03. The van der Waals surface area contributed by atoms with Gasteiger partial charge in [-0.15, -0.1) is 0 Å². The Morgan fingerprint density at radius 1 is 0.815 bits per heavy atom. The van der Waals surface area contributed by atoms with Crippen molar-refractivity contribution >= 4 is 5.97 Å². The van der Waals surface area contributed by atoms with E-state index < -0.39 is 12.1 Å². The van der Waals surface area contributed by atoms with Gasteiger partial charge in [-0.3, -0.25) is 0 Å². The van der Waals surface area contributed by atoms with E-state index in [-0.39, 0.29) is 12.2 Å². The van der Waals surface area contributed by atoms with Crippen LogP contribution in [0.3, 0.4) is 0 Å². The topological polar surface area (TPSA) is 66.8 Å². The maximum atomic E-state index is 11.9. The van der Waals surface area contributed by atoms with Crippen LogP contribution in [0.2, 0.25) is 0 Å². The molecule has 0 radical (unpaired) electrons. The van der Waals surface area contributed by atoms with Crippen molar-refractivity contribution in [3.05, 3.63) is 12.2 Å². The molecule has 0 heterocycles. The number of ether oxygens (including phenoxy) is 1. The van der Waals surface area contributed by atoms with Gasteiger partial charge in [0.2, 0.25) is 0 Å². The molecular weight excluding hydrogens is 340 g/mol. The molecule has 0 amide bonds. The molecule has 4 nitrogen and oxygen atoms in total. The van der Waals surface area contributed by atoms with Gasteiger partial charge in [-0.05, 0) is 19.3 Å². The molecule has 0 fully saturated rings. The summed E-state index contributed by atoms with van der Waals surface area (Å²) in [7, 11) is 0. The van der Waals surface area contributed by atoms with Gasteiger partial charge in [0.05, 0.1) is 18.3 Å². The quantitative estimate of drug-likeness (QED) is 0.160. The smallest absolute Gasteiger partial charge is 0.336 e. The highest BCUT2D eigenvalue weighted by atomic mass is 16.5. The Hall–Kier alpha value is -0.870. The SMILES string of the molecule is C=C(C(=O)OCCCCCCCCCC)C(O)CCCCCCCCCO. The zero-order chi connectivity index (χ0) is 20.2. The Kier molecular flexibility index (Phi) is 19.2. The van der Waals surface area contributed by atoms with Crippen LogP contribution in [-0.2, 0) is 9.53 Å². The van der Waals surface area contributed by atoms with Crippen LogP contribution >= 0.6 is 0 Å². The van der Waals surface area contributed by atoms with Gasteiger partial charge >= 0.3 is 5.97 Å². The van der Waals surface area contributed by atoms with Crippen LogP contribution < -0.4 is 0 Å². The van der Waals surface area contributed by atoms with Crippen molar-refractivity contribution in [1.82, 2.24) is 0 Å². The lowest BCUT2D eigenvalue weighted by atomic mass is 10.0. The summed E-state index contributed by atoms with van der Waals surface area (Å²) in [6.07, 6.45) is 16.8. The molecule has 0 aliphatic carbocycles. The highest BCUT2D eigenvalue weighted by Crippen LogP contribution is 2.14. The lowest BCUT2D eigenvalue weighted by molar-refractivity contribution is -0.140. The monoisotopic (exact) mass is 384 g/mol. The third-order valence-corrected chi connectivity index (χ3v) is 5.03. The Bertz CT molecular complexity index is 354. The van der Waals surface area contributed by atoms with E-state index in [4.69, 9.17) is 9.84 Å². The minimum absolute atomic E-state index is 0.192. The second-order valence-electron chi connectivity index (χ2n) is 7.64. The Balaban J connectivity index is 3.54. The number of unbranched alkanes of at least 4 members (excludes halogenated alkanes) is 13. The van der Waals surface area contributed by atoms with Gasteiger partial charge in [0, 0.05) is 6.61 Å². The van der Waals surface area contributed by atoms with Gasteiger partial charge < -0.3 is 14.9 Å². The molecule has 2 N–H and O–H groups in total. The fourth-order valence-electron chi connectivity index (χ4n) is 3.14. The Labute approximate surface area is 167 Å². The van der Waals surface area contributed by atoms with Gasteiger partial charge in [-0.25, -0.2) is 4.79 Å². The van der Waals surface area contributed by atoms with E-state index in [1.165, 1.54) is 38.5 Å². The Morgan fingerprint density at radius 2 is 1.30 bits per heavy atom. The van der Waals surface area contributed by atoms with Crippen LogP contribution in [0.1, 0.15) is 110 Å². The van der Waals surface area contributed by atoms with Crippen LogP contribution in [0.4, 0.5) is 0 Å². The van der Waals surface area contributed by atoms with Gasteiger partial charge in [-0.1, -0.05) is 97.0 Å². The van der Waals surface area contributed by atoms with Gasteiger partial charge in [0.25, 0.3) is 0 Å². The van der Waals surface area contributed by atoms with Crippen molar-refractivity contribution in [2.45, 2.75) is 116 Å². The molecule has 0 saturated heterocycles. The first-order valence-corrected chi connectivity index (χ1v) is 11.3. The van der Waals surface area contributed by atoms with Gasteiger partial charge in [0.1, 0.15) is 0 Å². The summed E-state index contributed by atoms with van der Waals surface area (Å²) < 4.78 is 5.23. The van der Waals surface area contributed by atoms with Gasteiger partial charge in [0.15, 0.2) is 0 Å². The lowest BCUT2D eigenvalue weighted by Crippen LogP contribution is -2.19. The molecule has 0 spiro atoms. The first-order valence-electron chi connectivity index (χ1n) is 11.3. The number of aliphatic hydroxyl groups is 2. The predicted molar refractivity (Wildman–Crippen MR) is 113 cm³/mol. The molecule has 4 heteroatoms. The average Bonchev–Trinajstić information content (AvgIpc) is 2.67. The highest BCUT2D eigenvalue weighted by Gasteiger charge is 2.17. The van der Waals surface area contributed by atoms with E-state index in [9.17, 15) is 9.90 Å². The summed E-state index contributed by atoms with van der Waals surface area (Å²) in [5.74, 6) is -0.450. The normalized spacial score (nSPS) is 12.1. The maximum Gasteiger partial charge on any atom is 0.336 e. The fraction of sp³-hybridized carbons (Fsp3) is 0.870. The molecular formula is C23H44O4. The number of carbonyl (C=O) groups is 1. The van der Waals surface area contributed by atoms with Crippen molar-refractivity contribution in [3.63, 3.8) is 0 Å². The second-order valence-corrected chi connectivity index (χ2v) is 7.64. The third kappa shape index (κ3) is 17.0. The minimum Gasteiger partial charge on any atom is -0.462 e. The lowest BCUT2D eigenvalue weighted by Gasteiger charge is -2.13. The summed E-state index contributed by atoms with van der Waals surface area (Å²) in [5.41, 5.74) is 0.192. The van der Waals surface area contributed by atoms with Crippen LogP contribution in [0.5, 0.6) is 0 Å². The van der Waals surface area contributed by atoms with E-state index in [1.807, 2.05) is 0 Å². The zero-order valence-electron chi connectivity index (χ0n) is 17.7. The number of aliphatic hydroxyl groups excluding tert-OH is 2. The van der Waals surface area contributed by atoms with Crippen molar-refractivity contribution in [3.8, 4) is 0 Å². The molecule has 0 aromatic heterocycles. The zero-order valence-corrected chi connectivity index (χ0v) is 17.7. The second kappa shape index (κ2) is 19.9. The van der Waals surface area contributed by atoms with Crippen LogP contribution in [0.25, 0.3) is 0 Å². The maximum absolute atomic E-state index is 11.9. The molecule has 0 rings (SSSR count). The summed E-state index contributed by atoms with van der Waals surface area (Å²) >= 11 is 0. The van der Waals surface area contributed by atoms with E-state index in [0.29, 0.717) is 13.0 Å². The van der Waals surface area contributed by atoms with Crippen molar-refractivity contribution in [2.24, 2.45) is 0 Å². The molecule has 0 saturated carbocycles. The highest BCUT2D eigenvalue weighted by molar-refractivity contribution is 5.88. The van der Waals surface area contributed by atoms with Gasteiger partial charge in [-0.2, -0.15) is 0 Å². The van der Waals surface area contributed by atoms with E-state index in [2.05, 4.69) is 13.5 Å². The summed E-state index contributed by atoms with van der Waals surface area (Å²) in [6, 6.07) is 0. The molecule has 0 bridgehead atoms. The molecule has 0 aromatic rings. The molecule has 0 aliphatic heterocycles. The molecule has 1 unspecified atom stereocenters. The molecule has 0 aromatic carbocycles. The van der Waals surface area contributed by atoms with Crippen molar-refractivity contribution in [2.75, 3.05) is 13.2 Å². The standard InChI is InChI=1S/C23H44O4/c1-3-4-5-6-7-11-14-17-20-27-23(26)21(2)22(25)18-15-12-9-8-10-13-16-19-24/h22,24-25H,2-20H2,1H3. The van der Waals surface area contributed by atoms with E-state index in [0.717, 1.165) is 57.8 Å². The number of hydrogen-bond donors (Lipinski definition) is 2. The van der Waals surface area contributed by atoms with E-state index in [1.54, 1.807) is 0 Å². The summed E-state index contributed by atoms with van der Waals surface area (Å²) in [4.78, 5) is 11.9. The first-order chi connectivity index (χ1) is 13.1. The largest absolute Gasteiger partial charge is 0.462 e. The first kappa shape index (κ1) is 26.1.